The maximum atomic E-state index is 12.7. The van der Waals surface area contributed by atoms with Crippen LogP contribution in [0.25, 0.3) is 0 Å². The third kappa shape index (κ3) is 3.21. The highest BCUT2D eigenvalue weighted by molar-refractivity contribution is 5.79. The summed E-state index contributed by atoms with van der Waals surface area (Å²) in [4.78, 5) is 14.6. The molecule has 0 spiro atoms. The van der Waals surface area contributed by atoms with Crippen molar-refractivity contribution in [2.45, 2.75) is 24.9 Å². The molecule has 4 nitrogen and oxygen atoms in total. The Hall–Kier alpha value is -2.33. The first kappa shape index (κ1) is 17.1. The zero-order valence-electron chi connectivity index (χ0n) is 15.1. The van der Waals surface area contributed by atoms with Crippen LogP contribution in [0.1, 0.15) is 24.0 Å². The minimum Gasteiger partial charge on any atom is -0.497 e. The number of carbonyl (C=O) groups is 1. The fourth-order valence-electron chi connectivity index (χ4n) is 4.57. The van der Waals surface area contributed by atoms with Crippen LogP contribution >= 0.6 is 0 Å². The first-order valence-corrected chi connectivity index (χ1v) is 9.26. The number of ether oxygens (including phenoxy) is 1. The lowest BCUT2D eigenvalue weighted by Crippen LogP contribution is -2.33. The van der Waals surface area contributed by atoms with Crippen LogP contribution in [-0.4, -0.2) is 36.1 Å². The van der Waals surface area contributed by atoms with Crippen molar-refractivity contribution in [3.05, 3.63) is 65.7 Å². The molecule has 1 aliphatic carbocycles. The molecular weight excluding hydrogens is 326 g/mol. The van der Waals surface area contributed by atoms with Crippen LogP contribution in [0.2, 0.25) is 0 Å². The van der Waals surface area contributed by atoms with Crippen LogP contribution in [0.4, 0.5) is 0 Å². The van der Waals surface area contributed by atoms with Gasteiger partial charge in [0.2, 0.25) is 5.91 Å². The van der Waals surface area contributed by atoms with Gasteiger partial charge in [-0.2, -0.15) is 0 Å². The molecule has 1 saturated heterocycles. The van der Waals surface area contributed by atoms with Gasteiger partial charge in [0, 0.05) is 13.1 Å². The maximum Gasteiger partial charge on any atom is 0.227 e. The molecule has 0 radical (unpaired) electrons. The van der Waals surface area contributed by atoms with E-state index in [1.54, 1.807) is 7.11 Å². The van der Waals surface area contributed by atoms with E-state index in [2.05, 4.69) is 0 Å². The lowest BCUT2D eigenvalue weighted by molar-refractivity contribution is -0.130. The van der Waals surface area contributed by atoms with E-state index >= 15 is 0 Å². The van der Waals surface area contributed by atoms with E-state index in [-0.39, 0.29) is 5.91 Å². The van der Waals surface area contributed by atoms with Gasteiger partial charge in [0.1, 0.15) is 5.75 Å². The molecule has 1 N–H and O–H groups in total. The van der Waals surface area contributed by atoms with Gasteiger partial charge in [-0.3, -0.25) is 4.79 Å². The lowest BCUT2D eigenvalue weighted by Gasteiger charge is -2.26. The van der Waals surface area contributed by atoms with Gasteiger partial charge in [0.25, 0.3) is 0 Å². The van der Waals surface area contributed by atoms with Crippen LogP contribution in [0.5, 0.6) is 5.75 Å². The molecule has 2 aliphatic rings. The zero-order valence-corrected chi connectivity index (χ0v) is 15.1. The Kier molecular flexibility index (Phi) is 4.45. The maximum absolute atomic E-state index is 12.7. The normalized spacial score (nSPS) is 27.4. The summed E-state index contributed by atoms with van der Waals surface area (Å²) in [7, 11) is 1.64. The van der Waals surface area contributed by atoms with Crippen molar-refractivity contribution in [3.8, 4) is 5.75 Å². The highest BCUT2D eigenvalue weighted by Crippen LogP contribution is 2.48. The minimum atomic E-state index is -0.734. The number of aliphatic hydroxyl groups is 1. The quantitative estimate of drug-likeness (QED) is 0.921. The Morgan fingerprint density at radius 2 is 1.69 bits per heavy atom. The molecule has 3 atom stereocenters. The van der Waals surface area contributed by atoms with Crippen LogP contribution in [0.15, 0.2) is 54.6 Å². The number of hydrogen-bond donors (Lipinski definition) is 1. The molecule has 4 rings (SSSR count). The van der Waals surface area contributed by atoms with Gasteiger partial charge in [-0.05, 0) is 47.9 Å². The minimum absolute atomic E-state index is 0.174. The van der Waals surface area contributed by atoms with Gasteiger partial charge < -0.3 is 14.7 Å². The molecule has 1 unspecified atom stereocenters. The van der Waals surface area contributed by atoms with Crippen LogP contribution in [-0.2, 0) is 16.8 Å². The largest absolute Gasteiger partial charge is 0.497 e. The molecule has 1 saturated carbocycles. The van der Waals surface area contributed by atoms with Crippen molar-refractivity contribution in [3.63, 3.8) is 0 Å². The number of rotatable bonds is 4. The summed E-state index contributed by atoms with van der Waals surface area (Å²) in [5.74, 6) is 1.75. The smallest absolute Gasteiger partial charge is 0.227 e. The van der Waals surface area contributed by atoms with Gasteiger partial charge in [0.15, 0.2) is 0 Å². The average molecular weight is 351 g/mol. The molecule has 26 heavy (non-hydrogen) atoms. The van der Waals surface area contributed by atoms with Crippen LogP contribution < -0.4 is 4.74 Å². The molecule has 136 valence electrons. The highest BCUT2D eigenvalue weighted by Gasteiger charge is 2.49. The van der Waals surface area contributed by atoms with Crippen LogP contribution in [0.3, 0.4) is 0 Å². The molecule has 1 amide bonds. The van der Waals surface area contributed by atoms with E-state index in [4.69, 9.17) is 4.74 Å². The number of methoxy groups -OCH3 is 1. The Morgan fingerprint density at radius 1 is 1.08 bits per heavy atom. The number of amides is 1. The summed E-state index contributed by atoms with van der Waals surface area (Å²) in [6, 6.07) is 17.6. The van der Waals surface area contributed by atoms with Crippen molar-refractivity contribution in [2.75, 3.05) is 20.2 Å². The summed E-state index contributed by atoms with van der Waals surface area (Å²) in [6.45, 7) is 1.52. The third-order valence-corrected chi connectivity index (χ3v) is 5.95. The van der Waals surface area contributed by atoms with Gasteiger partial charge in [-0.15, -0.1) is 0 Å². The second kappa shape index (κ2) is 6.76. The Labute approximate surface area is 154 Å². The molecule has 2 aromatic rings. The van der Waals surface area contributed by atoms with Crippen molar-refractivity contribution in [2.24, 2.45) is 11.8 Å². The predicted octanol–water partition coefficient (Wildman–Crippen LogP) is 2.99. The molecule has 2 fully saturated rings. The lowest BCUT2D eigenvalue weighted by atomic mass is 9.90. The summed E-state index contributed by atoms with van der Waals surface area (Å²) in [5, 5.41) is 11.1. The van der Waals surface area contributed by atoms with E-state index < -0.39 is 5.60 Å². The Bertz CT molecular complexity index is 758. The summed E-state index contributed by atoms with van der Waals surface area (Å²) in [6.07, 6.45) is 1.91. The number of fused-ring (bicyclic) bond motifs is 1. The van der Waals surface area contributed by atoms with E-state index in [0.29, 0.717) is 18.3 Å². The first-order valence-electron chi connectivity index (χ1n) is 9.26. The summed E-state index contributed by atoms with van der Waals surface area (Å²) in [5.41, 5.74) is 1.28. The highest BCUT2D eigenvalue weighted by atomic mass is 16.5. The standard InChI is InChI=1S/C22H25NO3/c1-26-20-9-7-16(8-10-20)11-21(24)23-14-17-12-22(25,13-18(17)15-23)19-5-3-2-4-6-19/h2-10,17-18,25H,11-15H2,1H3/t17-,18+,22?. The number of likely N-dealkylation sites (tertiary alicyclic amines) is 1. The second-order valence-corrected chi connectivity index (χ2v) is 7.65. The van der Waals surface area contributed by atoms with Crippen LogP contribution in [0, 0.1) is 11.8 Å². The molecule has 0 bridgehead atoms. The van der Waals surface area contributed by atoms with Crippen molar-refractivity contribution in [1.29, 1.82) is 0 Å². The Balaban J connectivity index is 1.37. The number of hydrogen-bond acceptors (Lipinski definition) is 3. The predicted molar refractivity (Wildman–Crippen MR) is 99.8 cm³/mol. The van der Waals surface area contributed by atoms with E-state index in [0.717, 1.165) is 42.8 Å². The molecule has 0 aromatic heterocycles. The summed E-state index contributed by atoms with van der Waals surface area (Å²) >= 11 is 0. The molecule has 1 aliphatic heterocycles. The van der Waals surface area contributed by atoms with Crippen molar-refractivity contribution < 1.29 is 14.6 Å². The monoisotopic (exact) mass is 351 g/mol. The molecule has 4 heteroatoms. The van der Waals surface area contributed by atoms with E-state index in [1.165, 1.54) is 0 Å². The van der Waals surface area contributed by atoms with Gasteiger partial charge in [-0.1, -0.05) is 42.5 Å². The van der Waals surface area contributed by atoms with Crippen molar-refractivity contribution >= 4 is 5.91 Å². The SMILES string of the molecule is COc1ccc(CC(=O)N2C[C@@H]3CC(O)(c4ccccc4)C[C@@H]3C2)cc1. The first-order chi connectivity index (χ1) is 12.6. The van der Waals surface area contributed by atoms with Crippen molar-refractivity contribution in [1.82, 2.24) is 4.90 Å². The number of carbonyl (C=O) groups excluding carboxylic acids is 1. The number of benzene rings is 2. The van der Waals surface area contributed by atoms with E-state index in [9.17, 15) is 9.90 Å². The average Bonchev–Trinajstić information content (AvgIpc) is 3.19. The third-order valence-electron chi connectivity index (χ3n) is 5.95. The molecule has 2 aromatic carbocycles. The summed E-state index contributed by atoms with van der Waals surface area (Å²) < 4.78 is 5.16. The van der Waals surface area contributed by atoms with Gasteiger partial charge in [-0.25, -0.2) is 0 Å². The zero-order chi connectivity index (χ0) is 18.1. The fraction of sp³-hybridized carbons (Fsp3) is 0.409. The topological polar surface area (TPSA) is 49.8 Å². The van der Waals surface area contributed by atoms with Gasteiger partial charge >= 0.3 is 0 Å². The Morgan fingerprint density at radius 3 is 2.27 bits per heavy atom. The number of nitrogens with zero attached hydrogens (tertiary/aromatic N) is 1. The van der Waals surface area contributed by atoms with E-state index in [1.807, 2.05) is 59.5 Å². The second-order valence-electron chi connectivity index (χ2n) is 7.65. The van der Waals surface area contributed by atoms with Gasteiger partial charge in [0.05, 0.1) is 19.1 Å². The molecular formula is C22H25NO3. The molecule has 1 heterocycles. The fourth-order valence-corrected chi connectivity index (χ4v) is 4.57.